The van der Waals surface area contributed by atoms with Crippen molar-refractivity contribution in [3.05, 3.63) is 30.3 Å². The third kappa shape index (κ3) is 13.2. The van der Waals surface area contributed by atoms with Gasteiger partial charge in [-0.15, -0.1) is 0 Å². The molecule has 21 aliphatic rings. The van der Waals surface area contributed by atoms with Gasteiger partial charge < -0.3 is 174 Å². The minimum atomic E-state index is -2.21. The molecule has 22 rings (SSSR count). The van der Waals surface area contributed by atoms with Crippen molar-refractivity contribution in [3.63, 3.8) is 0 Å². The van der Waals surface area contributed by atoms with Gasteiger partial charge in [-0.25, -0.2) is 0 Å². The third-order valence-corrected chi connectivity index (χ3v) is 15.9. The third-order valence-electron chi connectivity index (χ3n) is 15.9. The highest BCUT2D eigenvalue weighted by Gasteiger charge is 2.59. The molecule has 0 spiro atoms. The lowest BCUT2D eigenvalue weighted by Crippen LogP contribution is -2.68. The van der Waals surface area contributed by atoms with Gasteiger partial charge in [-0.2, -0.15) is 0 Å². The second kappa shape index (κ2) is 28.0. The molecule has 35 heteroatoms. The molecule has 35 nitrogen and oxygen atoms in total. The van der Waals surface area contributed by atoms with E-state index in [0.29, 0.717) is 5.69 Å². The molecule has 35 unspecified atom stereocenters. The van der Waals surface area contributed by atoms with Crippen LogP contribution in [0.15, 0.2) is 30.3 Å². The van der Waals surface area contributed by atoms with Crippen LogP contribution in [0.1, 0.15) is 0 Å². The van der Waals surface area contributed by atoms with Gasteiger partial charge in [0.25, 0.3) is 0 Å². The molecule has 0 saturated carbocycles. The summed E-state index contributed by atoms with van der Waals surface area (Å²) in [5.41, 5.74) is 0.488. The minimum Gasteiger partial charge on any atom is -0.394 e. The fraction of sp³-hybridized carbons (Fsp3) is 0.875. The van der Waals surface area contributed by atoms with E-state index in [9.17, 15) is 102 Å². The van der Waals surface area contributed by atoms with Crippen molar-refractivity contribution in [2.45, 2.75) is 215 Å². The van der Waals surface area contributed by atoms with Crippen LogP contribution in [0.4, 0.5) is 5.69 Å². The number of aliphatic hydroxyl groups excluding tert-OH is 20. The quantitative estimate of drug-likeness (QED) is 0.109. The summed E-state index contributed by atoms with van der Waals surface area (Å²) in [4.78, 5) is 0. The van der Waals surface area contributed by atoms with Crippen molar-refractivity contribution in [2.24, 2.45) is 0 Å². The molecule has 21 saturated heterocycles. The van der Waals surface area contributed by atoms with E-state index in [4.69, 9.17) is 66.3 Å². The van der Waals surface area contributed by atoms with Crippen LogP contribution in [0, 0.1) is 0 Å². The molecule has 14 bridgehead atoms. The average Bonchev–Trinajstić information content (AvgIpc) is 2.50. The Labute approximate surface area is 470 Å². The van der Waals surface area contributed by atoms with Gasteiger partial charge in [0.15, 0.2) is 44.0 Å². The number of anilines is 1. The van der Waals surface area contributed by atoms with Gasteiger partial charge in [0.2, 0.25) is 0 Å². The Morgan fingerprint density at radius 3 is 0.614 bits per heavy atom. The molecule has 21 heterocycles. The lowest BCUT2D eigenvalue weighted by molar-refractivity contribution is -0.396. The SMILES string of the molecule is OCC1OC2OC3C(CO)OC(OC4C(CO)OC(OC5C(CNc6ccccc6)OC(OC6C(CO)OC(OC7C(CO)OC(OC8C(CO)OC(OC1C(O)C2O)C(O)C8O)C(O)C7O)C(O)C6O)C(O)C5O)C(O)C4O)C(O)C3O. The van der Waals surface area contributed by atoms with Gasteiger partial charge in [-0.05, 0) is 12.1 Å². The molecule has 21 aliphatic heterocycles. The zero-order chi connectivity index (χ0) is 59.9. The lowest BCUT2D eigenvalue weighted by Gasteiger charge is -2.50. The maximum absolute atomic E-state index is 11.8. The van der Waals surface area contributed by atoms with Gasteiger partial charge in [-0.3, -0.25) is 0 Å². The summed E-state index contributed by atoms with van der Waals surface area (Å²) in [5, 5.41) is 226. The number of hydrogen-bond acceptors (Lipinski definition) is 35. The number of para-hydroxylation sites is 1. The highest BCUT2D eigenvalue weighted by Crippen LogP contribution is 2.39. The zero-order valence-corrected chi connectivity index (χ0v) is 43.7. The largest absolute Gasteiger partial charge is 0.394 e. The summed E-state index contributed by atoms with van der Waals surface area (Å²) in [6.45, 7) is -6.52. The normalized spacial score (nSPS) is 52.1. The second-order valence-electron chi connectivity index (χ2n) is 21.2. The van der Waals surface area contributed by atoms with Crippen molar-refractivity contribution in [3.8, 4) is 0 Å². The fourth-order valence-electron chi connectivity index (χ4n) is 11.2. The Balaban J connectivity index is 1.01. The number of benzene rings is 1. The van der Waals surface area contributed by atoms with Gasteiger partial charge in [0.1, 0.15) is 171 Å². The van der Waals surface area contributed by atoms with Crippen molar-refractivity contribution in [1.29, 1.82) is 0 Å². The second-order valence-corrected chi connectivity index (χ2v) is 21.2. The van der Waals surface area contributed by atoms with E-state index in [1.165, 1.54) is 0 Å². The molecule has 1 aromatic rings. The van der Waals surface area contributed by atoms with Crippen molar-refractivity contribution >= 4 is 5.69 Å². The maximum Gasteiger partial charge on any atom is 0.187 e. The van der Waals surface area contributed by atoms with Gasteiger partial charge in [-0.1, -0.05) is 18.2 Å². The van der Waals surface area contributed by atoms with E-state index >= 15 is 0 Å². The molecule has 83 heavy (non-hydrogen) atoms. The molecule has 35 atom stereocenters. The van der Waals surface area contributed by atoms with E-state index in [1.807, 2.05) is 0 Å². The highest BCUT2D eigenvalue weighted by atomic mass is 16.8. The summed E-state index contributed by atoms with van der Waals surface area (Å²) < 4.78 is 81.2. The van der Waals surface area contributed by atoms with E-state index in [1.54, 1.807) is 30.3 Å². The molecule has 21 fully saturated rings. The summed E-state index contributed by atoms with van der Waals surface area (Å²) in [6, 6.07) is 8.36. The van der Waals surface area contributed by atoms with Crippen LogP contribution in [-0.4, -0.2) is 363 Å². The maximum atomic E-state index is 11.8. The van der Waals surface area contributed by atoms with E-state index in [2.05, 4.69) is 5.32 Å². The Kier molecular flexibility index (Phi) is 22.0. The Morgan fingerprint density at radius 1 is 0.241 bits per heavy atom. The first-order chi connectivity index (χ1) is 39.7. The number of ether oxygens (including phenoxy) is 14. The zero-order valence-electron chi connectivity index (χ0n) is 43.7. The highest BCUT2D eigenvalue weighted by molar-refractivity contribution is 5.42. The van der Waals surface area contributed by atoms with E-state index in [-0.39, 0.29) is 6.54 Å². The molecular formula is C48H75NO34. The van der Waals surface area contributed by atoms with Crippen LogP contribution < -0.4 is 5.32 Å². The van der Waals surface area contributed by atoms with Crippen molar-refractivity contribution in [1.82, 2.24) is 0 Å². The van der Waals surface area contributed by atoms with Crippen LogP contribution in [0.3, 0.4) is 0 Å². The fourth-order valence-corrected chi connectivity index (χ4v) is 11.2. The van der Waals surface area contributed by atoms with Gasteiger partial charge in [0.05, 0.1) is 39.6 Å². The lowest BCUT2D eigenvalue weighted by atomic mass is 9.95. The first kappa shape index (κ1) is 65.1. The number of nitrogens with one attached hydrogen (secondary N) is 1. The molecular weight excluding hydrogens is 1130 g/mol. The molecule has 0 amide bonds. The summed E-state index contributed by atoms with van der Waals surface area (Å²) >= 11 is 0. The average molecular weight is 1210 g/mol. The van der Waals surface area contributed by atoms with Gasteiger partial charge >= 0.3 is 0 Å². The number of aliphatic hydroxyl groups is 20. The van der Waals surface area contributed by atoms with Crippen LogP contribution in [-0.2, 0) is 66.3 Å². The van der Waals surface area contributed by atoms with E-state index in [0.717, 1.165) is 0 Å². The molecule has 0 radical (unpaired) electrons. The summed E-state index contributed by atoms with van der Waals surface area (Å²) in [7, 11) is 0. The molecule has 0 aliphatic carbocycles. The van der Waals surface area contributed by atoms with E-state index < -0.39 is 255 Å². The number of hydrogen-bond donors (Lipinski definition) is 21. The Bertz CT molecular complexity index is 2140. The molecule has 1 aromatic carbocycles. The van der Waals surface area contributed by atoms with Crippen molar-refractivity contribution in [2.75, 3.05) is 51.5 Å². The van der Waals surface area contributed by atoms with Crippen molar-refractivity contribution < 1.29 is 168 Å². The van der Waals surface area contributed by atoms with Crippen LogP contribution in [0.25, 0.3) is 0 Å². The summed E-state index contributed by atoms with van der Waals surface area (Å²) in [5.74, 6) is 0. The Hall–Kier alpha value is -2.34. The molecule has 476 valence electrons. The monoisotopic (exact) mass is 1210 g/mol. The van der Waals surface area contributed by atoms with Crippen LogP contribution in [0.5, 0.6) is 0 Å². The van der Waals surface area contributed by atoms with Crippen LogP contribution in [0.2, 0.25) is 0 Å². The minimum absolute atomic E-state index is 0.307. The molecule has 21 N–H and O–H groups in total. The molecule has 0 aromatic heterocycles. The standard InChI is InChI=1S/C48H75NO34/c50-7-15-36-23(58)30(65)44(72-15)80-38-17(9-52)74-46(32(67)25(38)60)82-40-19(11-54)76-48(34(69)27(40)62)83-41-20(12-55)75-47(33(68)26(41)61)81-39-18(10-53)73-45(31(66)24(39)59)79-37-16(8-51)71-43(29(64)22(37)57)77-35-14(6-49-13-4-2-1-3-5-13)70-42(78-36)28(63)21(35)56/h1-5,14-69H,6-12H2. The predicted molar refractivity (Wildman–Crippen MR) is 256 cm³/mol. The van der Waals surface area contributed by atoms with Crippen LogP contribution >= 0.6 is 0 Å². The summed E-state index contributed by atoms with van der Waals surface area (Å²) in [6.07, 6.45) is -69.3. The topological polar surface area (TPSA) is 546 Å². The first-order valence-corrected chi connectivity index (χ1v) is 26.8. The Morgan fingerprint density at radius 2 is 0.422 bits per heavy atom. The smallest absolute Gasteiger partial charge is 0.187 e. The first-order valence-electron chi connectivity index (χ1n) is 26.8. The van der Waals surface area contributed by atoms with Gasteiger partial charge in [0, 0.05) is 12.2 Å². The number of rotatable bonds is 9. The predicted octanol–water partition coefficient (Wildman–Crippen LogP) is -13.1.